The van der Waals surface area contributed by atoms with E-state index >= 15 is 0 Å². The number of nitrogens with one attached hydrogen (secondary N) is 1. The Kier molecular flexibility index (Phi) is 7.32. The van der Waals surface area contributed by atoms with Crippen molar-refractivity contribution in [1.29, 1.82) is 0 Å². The Morgan fingerprint density at radius 1 is 1.03 bits per heavy atom. The molecule has 6 heteroatoms. The summed E-state index contributed by atoms with van der Waals surface area (Å²) in [6.45, 7) is 9.18. The molecule has 0 bridgehead atoms. The molecule has 1 fully saturated rings. The molecule has 0 radical (unpaired) electrons. The van der Waals surface area contributed by atoms with Gasteiger partial charge in [0.15, 0.2) is 9.84 Å². The smallest absolute Gasteiger partial charge is 0.252 e. The van der Waals surface area contributed by atoms with Crippen molar-refractivity contribution < 1.29 is 13.2 Å². The molecular weight excluding hydrogens is 396 g/mol. The van der Waals surface area contributed by atoms with Crippen molar-refractivity contribution in [3.8, 4) is 0 Å². The first-order chi connectivity index (χ1) is 14.3. The van der Waals surface area contributed by atoms with Gasteiger partial charge in [-0.15, -0.1) is 0 Å². The highest BCUT2D eigenvalue weighted by molar-refractivity contribution is 7.92. The third-order valence-corrected chi connectivity index (χ3v) is 8.03. The second-order valence-electron chi connectivity index (χ2n) is 8.55. The minimum Gasteiger partial charge on any atom is -0.348 e. The van der Waals surface area contributed by atoms with Gasteiger partial charge in [-0.3, -0.25) is 9.69 Å². The van der Waals surface area contributed by atoms with Crippen LogP contribution in [0.4, 0.5) is 0 Å². The molecule has 0 spiro atoms. The summed E-state index contributed by atoms with van der Waals surface area (Å²) >= 11 is 0. The normalized spacial score (nSPS) is 16.0. The quantitative estimate of drug-likeness (QED) is 0.723. The molecule has 5 nitrogen and oxygen atoms in total. The second kappa shape index (κ2) is 9.75. The van der Waals surface area contributed by atoms with Crippen molar-refractivity contribution in [1.82, 2.24) is 10.2 Å². The Morgan fingerprint density at radius 3 is 2.27 bits per heavy atom. The molecule has 1 amide bonds. The van der Waals surface area contributed by atoms with Crippen LogP contribution in [0, 0.1) is 5.92 Å². The number of carbonyl (C=O) groups is 1. The van der Waals surface area contributed by atoms with Crippen LogP contribution in [-0.4, -0.2) is 37.6 Å². The first-order valence-electron chi connectivity index (χ1n) is 10.7. The number of amides is 1. The molecule has 3 rings (SSSR count). The third kappa shape index (κ3) is 5.49. The molecule has 0 atom stereocenters. The van der Waals surface area contributed by atoms with Crippen LogP contribution in [0.25, 0.3) is 0 Å². The summed E-state index contributed by atoms with van der Waals surface area (Å²) in [4.78, 5) is 15.3. The number of benzene rings is 2. The van der Waals surface area contributed by atoms with Gasteiger partial charge in [0.1, 0.15) is 0 Å². The monoisotopic (exact) mass is 428 g/mol. The van der Waals surface area contributed by atoms with E-state index in [0.717, 1.165) is 31.1 Å². The minimum absolute atomic E-state index is 0.0868. The van der Waals surface area contributed by atoms with E-state index in [9.17, 15) is 13.2 Å². The number of hydrogen-bond acceptors (Lipinski definition) is 4. The highest BCUT2D eigenvalue weighted by Gasteiger charge is 2.25. The highest BCUT2D eigenvalue weighted by atomic mass is 32.2. The molecule has 0 saturated carbocycles. The lowest BCUT2D eigenvalue weighted by Gasteiger charge is -2.30. The van der Waals surface area contributed by atoms with Crippen molar-refractivity contribution >= 4 is 15.7 Å². The largest absolute Gasteiger partial charge is 0.348 e. The van der Waals surface area contributed by atoms with E-state index < -0.39 is 15.1 Å². The van der Waals surface area contributed by atoms with Crippen LogP contribution in [0.15, 0.2) is 53.4 Å². The van der Waals surface area contributed by atoms with Crippen molar-refractivity contribution in [3.63, 3.8) is 0 Å². The van der Waals surface area contributed by atoms with E-state index in [2.05, 4.69) is 29.3 Å². The van der Waals surface area contributed by atoms with E-state index in [-0.39, 0.29) is 16.4 Å². The van der Waals surface area contributed by atoms with Crippen LogP contribution in [0.2, 0.25) is 0 Å². The van der Waals surface area contributed by atoms with Gasteiger partial charge in [0, 0.05) is 13.1 Å². The van der Waals surface area contributed by atoms with E-state index in [1.165, 1.54) is 24.5 Å². The van der Waals surface area contributed by atoms with Gasteiger partial charge in [-0.25, -0.2) is 8.42 Å². The standard InChI is InChI=1S/C24H32N2O3S/c1-18(2)30(28,29)23-7-5-4-6-22(23)24(27)25-16-20-8-10-21(11-9-20)17-26-14-12-19(3)13-15-26/h4-11,18-19H,12-17H2,1-3H3,(H,25,27). The number of hydrogen-bond donors (Lipinski definition) is 1. The first-order valence-corrected chi connectivity index (χ1v) is 12.2. The van der Waals surface area contributed by atoms with Crippen molar-refractivity contribution in [2.45, 2.75) is 56.8 Å². The Hall–Kier alpha value is -2.18. The van der Waals surface area contributed by atoms with Crippen LogP contribution in [-0.2, 0) is 22.9 Å². The fourth-order valence-electron chi connectivity index (χ4n) is 3.67. The molecule has 1 aliphatic rings. The van der Waals surface area contributed by atoms with E-state index in [1.54, 1.807) is 32.0 Å². The molecule has 0 aromatic heterocycles. The molecule has 1 heterocycles. The molecule has 2 aromatic rings. The van der Waals surface area contributed by atoms with Gasteiger partial charge in [-0.1, -0.05) is 43.3 Å². The zero-order chi connectivity index (χ0) is 21.7. The average Bonchev–Trinajstić information content (AvgIpc) is 2.74. The molecule has 2 aromatic carbocycles. The number of piperidine rings is 1. The Balaban J connectivity index is 1.60. The fourth-order valence-corrected chi connectivity index (χ4v) is 4.92. The van der Waals surface area contributed by atoms with E-state index in [4.69, 9.17) is 0 Å². The maximum absolute atomic E-state index is 12.7. The van der Waals surface area contributed by atoms with Gasteiger partial charge in [0.25, 0.3) is 5.91 Å². The maximum Gasteiger partial charge on any atom is 0.252 e. The van der Waals surface area contributed by atoms with Gasteiger partial charge in [0.2, 0.25) is 0 Å². The lowest BCUT2D eigenvalue weighted by Crippen LogP contribution is -2.32. The van der Waals surface area contributed by atoms with E-state index in [0.29, 0.717) is 6.54 Å². The van der Waals surface area contributed by atoms with Crippen molar-refractivity contribution in [2.75, 3.05) is 13.1 Å². The predicted octanol–water partition coefficient (Wildman–Crippen LogP) is 4.03. The molecule has 0 aliphatic carbocycles. The summed E-state index contributed by atoms with van der Waals surface area (Å²) in [6, 6.07) is 14.7. The lowest BCUT2D eigenvalue weighted by atomic mass is 9.99. The van der Waals surface area contributed by atoms with E-state index in [1.807, 2.05) is 12.1 Å². The zero-order valence-corrected chi connectivity index (χ0v) is 18.9. The molecule has 1 saturated heterocycles. The third-order valence-electron chi connectivity index (χ3n) is 5.82. The predicted molar refractivity (Wildman–Crippen MR) is 120 cm³/mol. The number of carbonyl (C=O) groups excluding carboxylic acids is 1. The summed E-state index contributed by atoms with van der Waals surface area (Å²) < 4.78 is 25.1. The second-order valence-corrected chi connectivity index (χ2v) is 11.0. The lowest BCUT2D eigenvalue weighted by molar-refractivity contribution is 0.0947. The molecule has 30 heavy (non-hydrogen) atoms. The summed E-state index contributed by atoms with van der Waals surface area (Å²) in [7, 11) is -3.52. The Bertz CT molecular complexity index is 960. The molecule has 0 unspecified atom stereocenters. The fraction of sp³-hybridized carbons (Fsp3) is 0.458. The number of rotatable bonds is 7. The molecule has 1 N–H and O–H groups in total. The number of sulfone groups is 1. The Morgan fingerprint density at radius 2 is 1.63 bits per heavy atom. The first kappa shape index (κ1) is 22.5. The van der Waals surface area contributed by atoms with Gasteiger partial charge in [-0.05, 0) is 69.0 Å². The summed E-state index contributed by atoms with van der Waals surface area (Å²) in [5.41, 5.74) is 2.46. The van der Waals surface area contributed by atoms with Crippen LogP contribution in [0.5, 0.6) is 0 Å². The SMILES string of the molecule is CC1CCN(Cc2ccc(CNC(=O)c3ccccc3S(=O)(=O)C(C)C)cc2)CC1. The average molecular weight is 429 g/mol. The van der Waals surface area contributed by atoms with Crippen LogP contribution >= 0.6 is 0 Å². The topological polar surface area (TPSA) is 66.5 Å². The summed E-state index contributed by atoms with van der Waals surface area (Å²) in [5.74, 6) is 0.453. The Labute approximate surface area is 180 Å². The highest BCUT2D eigenvalue weighted by Crippen LogP contribution is 2.21. The van der Waals surface area contributed by atoms with Crippen molar-refractivity contribution in [3.05, 3.63) is 65.2 Å². The molecule has 1 aliphatic heterocycles. The van der Waals surface area contributed by atoms with Gasteiger partial charge in [-0.2, -0.15) is 0 Å². The van der Waals surface area contributed by atoms with Crippen LogP contribution < -0.4 is 5.32 Å². The van der Waals surface area contributed by atoms with Crippen LogP contribution in [0.1, 0.15) is 55.1 Å². The van der Waals surface area contributed by atoms with Gasteiger partial charge < -0.3 is 5.32 Å². The minimum atomic E-state index is -3.52. The number of nitrogens with zero attached hydrogens (tertiary/aromatic N) is 1. The maximum atomic E-state index is 12.7. The summed E-state index contributed by atoms with van der Waals surface area (Å²) in [6.07, 6.45) is 2.52. The van der Waals surface area contributed by atoms with Gasteiger partial charge >= 0.3 is 0 Å². The molecular formula is C24H32N2O3S. The van der Waals surface area contributed by atoms with Crippen LogP contribution in [0.3, 0.4) is 0 Å². The molecule has 162 valence electrons. The number of likely N-dealkylation sites (tertiary alicyclic amines) is 1. The summed E-state index contributed by atoms with van der Waals surface area (Å²) in [5, 5.41) is 2.28. The zero-order valence-electron chi connectivity index (χ0n) is 18.1. The van der Waals surface area contributed by atoms with Gasteiger partial charge in [0.05, 0.1) is 15.7 Å². The van der Waals surface area contributed by atoms with Crippen molar-refractivity contribution in [2.24, 2.45) is 5.92 Å².